The number of rotatable bonds is 7. The van der Waals surface area contributed by atoms with Crippen LogP contribution in [-0.4, -0.2) is 67.6 Å². The fraction of sp³-hybridized carbons (Fsp3) is 0.524. The number of ketones is 1. The van der Waals surface area contributed by atoms with Crippen molar-refractivity contribution in [3.05, 3.63) is 47.9 Å². The van der Waals surface area contributed by atoms with Crippen LogP contribution in [0.3, 0.4) is 0 Å². The first-order chi connectivity index (χ1) is 12.6. The van der Waals surface area contributed by atoms with Gasteiger partial charge in [-0.25, -0.2) is 0 Å². The van der Waals surface area contributed by atoms with E-state index < -0.39 is 0 Å². The van der Waals surface area contributed by atoms with Gasteiger partial charge in [-0.1, -0.05) is 18.7 Å². The third-order valence-electron chi connectivity index (χ3n) is 5.29. The first-order valence-corrected chi connectivity index (χ1v) is 9.58. The molecule has 3 aliphatic rings. The number of carbonyl (C=O) groups excluding carboxylic acids is 1. The third-order valence-corrected chi connectivity index (χ3v) is 5.29. The minimum atomic E-state index is 0.189. The molecular weight excluding hydrogens is 324 g/mol. The number of hydrogen-bond acceptors (Lipinski definition) is 5. The summed E-state index contributed by atoms with van der Waals surface area (Å²) in [4.78, 5) is 21.9. The molecule has 140 valence electrons. The molecule has 0 bridgehead atoms. The van der Waals surface area contributed by atoms with Crippen molar-refractivity contribution in [2.45, 2.75) is 19.8 Å². The molecule has 2 fully saturated rings. The van der Waals surface area contributed by atoms with Gasteiger partial charge >= 0.3 is 0 Å². The first kappa shape index (κ1) is 18.8. The van der Waals surface area contributed by atoms with Gasteiger partial charge in [-0.2, -0.15) is 0 Å². The maximum absolute atomic E-state index is 12.6. The van der Waals surface area contributed by atoms with E-state index in [1.807, 2.05) is 18.2 Å². The van der Waals surface area contributed by atoms with E-state index in [1.54, 1.807) is 0 Å². The lowest BCUT2D eigenvalue weighted by atomic mass is 9.91. The van der Waals surface area contributed by atoms with E-state index >= 15 is 0 Å². The topological polar surface area (TPSA) is 47.9 Å². The minimum Gasteiger partial charge on any atom is -0.387 e. The summed E-state index contributed by atoms with van der Waals surface area (Å²) in [5, 5.41) is 3.52. The number of aliphatic imine (C=N–C) groups is 1. The summed E-state index contributed by atoms with van der Waals surface area (Å²) in [6.45, 7) is 12.2. The van der Waals surface area contributed by atoms with Gasteiger partial charge in [0.1, 0.15) is 0 Å². The van der Waals surface area contributed by atoms with Crippen molar-refractivity contribution in [3.63, 3.8) is 0 Å². The van der Waals surface area contributed by atoms with Crippen LogP contribution in [0.5, 0.6) is 0 Å². The van der Waals surface area contributed by atoms with Crippen molar-refractivity contribution in [1.29, 1.82) is 0 Å². The molecule has 1 saturated carbocycles. The van der Waals surface area contributed by atoms with E-state index in [0.29, 0.717) is 0 Å². The Balaban J connectivity index is 1.64. The normalized spacial score (nSPS) is 25.2. The van der Waals surface area contributed by atoms with Crippen LogP contribution in [0.15, 0.2) is 52.8 Å². The van der Waals surface area contributed by atoms with Crippen LogP contribution >= 0.6 is 0 Å². The van der Waals surface area contributed by atoms with E-state index in [-0.39, 0.29) is 11.7 Å². The highest BCUT2D eigenvalue weighted by atomic mass is 16.1. The predicted octanol–water partition coefficient (Wildman–Crippen LogP) is 2.16. The lowest BCUT2D eigenvalue weighted by molar-refractivity contribution is -0.116. The average molecular weight is 354 g/mol. The highest BCUT2D eigenvalue weighted by molar-refractivity contribution is 6.31. The highest BCUT2D eigenvalue weighted by Crippen LogP contribution is 2.34. The lowest BCUT2D eigenvalue weighted by Crippen LogP contribution is -2.46. The van der Waals surface area contributed by atoms with Crippen LogP contribution in [0.2, 0.25) is 0 Å². The van der Waals surface area contributed by atoms with Gasteiger partial charge in [-0.05, 0) is 32.9 Å². The van der Waals surface area contributed by atoms with Crippen LogP contribution in [0.1, 0.15) is 19.8 Å². The Labute approximate surface area is 156 Å². The predicted molar refractivity (Wildman–Crippen MR) is 107 cm³/mol. The monoisotopic (exact) mass is 354 g/mol. The number of nitrogens with zero attached hydrogens (tertiary/aromatic N) is 3. The Hall–Kier alpha value is -1.98. The number of hydrogen-bond donors (Lipinski definition) is 1. The lowest BCUT2D eigenvalue weighted by Gasteiger charge is -2.32. The molecule has 2 aliphatic carbocycles. The molecule has 0 atom stereocenters. The zero-order valence-corrected chi connectivity index (χ0v) is 16.0. The first-order valence-electron chi connectivity index (χ1n) is 9.58. The average Bonchev–Trinajstić information content (AvgIpc) is 3.48. The maximum atomic E-state index is 12.6. The SMILES string of the molecule is C=C/N=C1/C(C(=O)C2CC2)=CC=C/C1=C(/C)NCCN1CCN(C)CC1. The van der Waals surface area contributed by atoms with Crippen LogP contribution < -0.4 is 5.32 Å². The second-order valence-electron chi connectivity index (χ2n) is 7.35. The number of piperazine rings is 1. The molecule has 3 rings (SSSR count). The molecule has 5 nitrogen and oxygen atoms in total. The van der Waals surface area contributed by atoms with E-state index in [1.165, 1.54) is 6.20 Å². The summed E-state index contributed by atoms with van der Waals surface area (Å²) in [6.07, 6.45) is 9.41. The molecule has 0 amide bonds. The standard InChI is InChI=1S/C21H30N4O/c1-4-22-20-18(6-5-7-19(20)21(26)17-8-9-17)16(2)23-10-11-25-14-12-24(3)13-15-25/h4-7,17,23H,1,8-15H2,2-3H3/b18-16+,22-20+. The molecule has 0 aromatic carbocycles. The molecule has 26 heavy (non-hydrogen) atoms. The fourth-order valence-corrected chi connectivity index (χ4v) is 3.41. The Morgan fingerprint density at radius 3 is 2.73 bits per heavy atom. The Morgan fingerprint density at radius 2 is 2.08 bits per heavy atom. The summed E-state index contributed by atoms with van der Waals surface area (Å²) >= 11 is 0. The van der Waals surface area contributed by atoms with Crippen molar-refractivity contribution in [1.82, 2.24) is 15.1 Å². The minimum absolute atomic E-state index is 0.189. The molecule has 1 aliphatic heterocycles. The van der Waals surface area contributed by atoms with Gasteiger partial charge in [-0.3, -0.25) is 14.7 Å². The van der Waals surface area contributed by atoms with Gasteiger partial charge in [-0.15, -0.1) is 0 Å². The zero-order valence-electron chi connectivity index (χ0n) is 16.0. The summed E-state index contributed by atoms with van der Waals surface area (Å²) < 4.78 is 0. The molecule has 0 radical (unpaired) electrons. The number of nitrogens with one attached hydrogen (secondary N) is 1. The van der Waals surface area contributed by atoms with Crippen molar-refractivity contribution in [3.8, 4) is 0 Å². The second kappa shape index (κ2) is 8.60. The summed E-state index contributed by atoms with van der Waals surface area (Å²) in [5.41, 5.74) is 3.54. The molecule has 0 unspecified atom stereocenters. The van der Waals surface area contributed by atoms with Gasteiger partial charge in [0.15, 0.2) is 5.78 Å². The van der Waals surface area contributed by atoms with Gasteiger partial charge < -0.3 is 10.2 Å². The second-order valence-corrected chi connectivity index (χ2v) is 7.35. The molecule has 1 saturated heterocycles. The van der Waals surface area contributed by atoms with Crippen LogP contribution in [0.4, 0.5) is 0 Å². The third kappa shape index (κ3) is 4.59. The van der Waals surface area contributed by atoms with Gasteiger partial charge in [0.25, 0.3) is 0 Å². The molecule has 1 N–H and O–H groups in total. The molecule has 0 aromatic rings. The summed E-state index contributed by atoms with van der Waals surface area (Å²) in [6, 6.07) is 0. The highest BCUT2D eigenvalue weighted by Gasteiger charge is 2.34. The van der Waals surface area contributed by atoms with Crippen molar-refractivity contribution < 1.29 is 4.79 Å². The van der Waals surface area contributed by atoms with Crippen molar-refractivity contribution in [2.24, 2.45) is 10.9 Å². The Kier molecular flexibility index (Phi) is 6.22. The summed E-state index contributed by atoms with van der Waals surface area (Å²) in [7, 11) is 2.17. The molecule has 5 heteroatoms. The molecule has 0 aromatic heterocycles. The zero-order chi connectivity index (χ0) is 18.5. The smallest absolute Gasteiger partial charge is 0.168 e. The Morgan fingerprint density at radius 1 is 1.35 bits per heavy atom. The Bertz CT molecular complexity index is 674. The van der Waals surface area contributed by atoms with Crippen molar-refractivity contribution >= 4 is 11.5 Å². The quantitative estimate of drug-likeness (QED) is 0.761. The fourth-order valence-electron chi connectivity index (χ4n) is 3.41. The largest absolute Gasteiger partial charge is 0.387 e. The van der Waals surface area contributed by atoms with Crippen LogP contribution in [-0.2, 0) is 4.79 Å². The van der Waals surface area contributed by atoms with Gasteiger partial charge in [0, 0.05) is 68.2 Å². The summed E-state index contributed by atoms with van der Waals surface area (Å²) in [5.74, 6) is 0.409. The van der Waals surface area contributed by atoms with E-state index in [9.17, 15) is 4.79 Å². The molecule has 1 heterocycles. The van der Waals surface area contributed by atoms with Crippen molar-refractivity contribution in [2.75, 3.05) is 46.3 Å². The number of likely N-dealkylation sites (N-methyl/N-ethyl adjacent to an activating group) is 1. The van der Waals surface area contributed by atoms with E-state index in [4.69, 9.17) is 0 Å². The van der Waals surface area contributed by atoms with E-state index in [2.05, 4.69) is 40.7 Å². The number of Topliss-reactive ketones (excluding diaryl/α,β-unsaturated/α-hetero) is 1. The van der Waals surface area contributed by atoms with Gasteiger partial charge in [0.05, 0.1) is 5.71 Å². The van der Waals surface area contributed by atoms with Crippen LogP contribution in [0.25, 0.3) is 0 Å². The molecule has 0 spiro atoms. The maximum Gasteiger partial charge on any atom is 0.168 e. The van der Waals surface area contributed by atoms with Crippen LogP contribution in [0, 0.1) is 5.92 Å². The van der Waals surface area contributed by atoms with E-state index in [0.717, 1.165) is 74.7 Å². The number of carbonyl (C=O) groups is 1. The number of allylic oxidation sites excluding steroid dienone is 6. The molecular formula is C21H30N4O. The van der Waals surface area contributed by atoms with Gasteiger partial charge in [0.2, 0.25) is 0 Å².